The van der Waals surface area contributed by atoms with E-state index >= 15 is 8.78 Å². The Morgan fingerprint density at radius 3 is 0.844 bits per heavy atom. The molecule has 90 heavy (non-hydrogen) atoms. The van der Waals surface area contributed by atoms with Crippen molar-refractivity contribution in [3.63, 3.8) is 0 Å². The fraction of sp³-hybridized carbons (Fsp3) is 0. The minimum Gasteiger partial charge on any atom is -0.308 e. The molecular weight excluding hydrogens is 1110 g/mol. The van der Waals surface area contributed by atoms with Gasteiger partial charge in [-0.15, -0.1) is 0 Å². The van der Waals surface area contributed by atoms with Gasteiger partial charge in [-0.1, -0.05) is 176 Å². The lowest BCUT2D eigenvalue weighted by molar-refractivity contribution is 0.590. The molecule has 6 heterocycles. The Balaban J connectivity index is 0.943. The van der Waals surface area contributed by atoms with Crippen molar-refractivity contribution in [3.05, 3.63) is 321 Å². The molecule has 0 aliphatic rings. The van der Waals surface area contributed by atoms with Crippen LogP contribution in [0.5, 0.6) is 0 Å². The number of pyridine rings is 4. The highest BCUT2D eigenvalue weighted by Gasteiger charge is 2.26. The van der Waals surface area contributed by atoms with Gasteiger partial charge in [0.2, 0.25) is 0 Å². The normalized spacial score (nSPS) is 11.4. The number of hydrogen-bond donors (Lipinski definition) is 0. The average molecular weight is 1160 g/mol. The minimum absolute atomic E-state index is 0.0818. The molecule has 0 saturated carbocycles. The Hall–Kier alpha value is -12.3. The first-order valence-corrected chi connectivity index (χ1v) is 29.6. The van der Waals surface area contributed by atoms with E-state index in [1.807, 2.05) is 110 Å². The first-order valence-electron chi connectivity index (χ1n) is 29.6. The molecule has 0 radical (unpaired) electrons. The maximum absolute atomic E-state index is 16.5. The maximum Gasteiger partial charge on any atom is 0.197 e. The lowest BCUT2D eigenvalue weighted by atomic mass is 10.00. The molecule has 0 unspecified atom stereocenters. The largest absolute Gasteiger partial charge is 0.308 e. The predicted molar refractivity (Wildman–Crippen MR) is 361 cm³/mol. The molecule has 16 aromatic rings. The van der Waals surface area contributed by atoms with Gasteiger partial charge in [0.15, 0.2) is 5.69 Å². The third-order valence-corrected chi connectivity index (χ3v) is 17.1. The zero-order valence-corrected chi connectivity index (χ0v) is 48.2. The average Bonchev–Trinajstić information content (AvgIpc) is 1.80. The zero-order chi connectivity index (χ0) is 60.2. The van der Waals surface area contributed by atoms with Gasteiger partial charge < -0.3 is 9.13 Å². The van der Waals surface area contributed by atoms with Crippen LogP contribution in [0.4, 0.5) is 14.5 Å². The fourth-order valence-corrected chi connectivity index (χ4v) is 12.6. The quantitative estimate of drug-likeness (QED) is 0.121. The number of hydrogen-bond acceptors (Lipinski definition) is 4. The summed E-state index contributed by atoms with van der Waals surface area (Å²) in [6, 6.07) is 90.2. The highest BCUT2D eigenvalue weighted by atomic mass is 19.1. The van der Waals surface area contributed by atoms with Crippen molar-refractivity contribution in [1.82, 2.24) is 29.1 Å². The molecule has 0 amide bonds. The molecule has 0 aliphatic carbocycles. The Morgan fingerprint density at radius 1 is 0.278 bits per heavy atom. The zero-order valence-electron chi connectivity index (χ0n) is 48.2. The van der Waals surface area contributed by atoms with Crippen LogP contribution in [0.1, 0.15) is 0 Å². The SMILES string of the molecule is [C-]#[N+]c1cc(-n2c3ccc(-c4ccc(-c5ccccc5)nc4)cc3c3cc(-c4ccc(-c5ccccc5)nc4)ccc32)c(-n2c3ccc(-c4ccc(-c5ccccc5)nc4)cc3c3cc(-c4ccc(-c5ccccc5)nc4)ccc32)cc1-c1c(F)cccc1F. The van der Waals surface area contributed by atoms with Crippen molar-refractivity contribution >= 4 is 49.3 Å². The molecule has 7 nitrogen and oxygen atoms in total. The van der Waals surface area contributed by atoms with Crippen molar-refractivity contribution < 1.29 is 8.78 Å². The Morgan fingerprint density at radius 2 is 0.567 bits per heavy atom. The van der Waals surface area contributed by atoms with E-state index in [1.165, 1.54) is 18.2 Å². The van der Waals surface area contributed by atoms with Crippen molar-refractivity contribution in [1.29, 1.82) is 0 Å². The predicted octanol–water partition coefficient (Wildman–Crippen LogP) is 21.3. The summed E-state index contributed by atoms with van der Waals surface area (Å²) in [5.41, 5.74) is 19.7. The number of rotatable bonds is 11. The number of halogens is 2. The topological polar surface area (TPSA) is 65.8 Å². The second-order valence-electron chi connectivity index (χ2n) is 22.4. The van der Waals surface area contributed by atoms with Crippen LogP contribution in [0.2, 0.25) is 0 Å². The summed E-state index contributed by atoms with van der Waals surface area (Å²) in [4.78, 5) is 23.8. The maximum atomic E-state index is 16.5. The van der Waals surface area contributed by atoms with Gasteiger partial charge >= 0.3 is 0 Å². The van der Waals surface area contributed by atoms with E-state index in [1.54, 1.807) is 12.1 Å². The lowest BCUT2D eigenvalue weighted by Gasteiger charge is -2.20. The number of benzene rings is 10. The van der Waals surface area contributed by atoms with Crippen LogP contribution < -0.4 is 0 Å². The first-order chi connectivity index (χ1) is 44.4. The summed E-state index contributed by atoms with van der Waals surface area (Å²) in [5.74, 6) is -1.55. The smallest absolute Gasteiger partial charge is 0.197 e. The van der Waals surface area contributed by atoms with E-state index in [4.69, 9.17) is 26.5 Å². The summed E-state index contributed by atoms with van der Waals surface area (Å²) in [5, 5.41) is 3.75. The molecule has 0 aliphatic heterocycles. The third kappa shape index (κ3) is 9.44. The van der Waals surface area contributed by atoms with Gasteiger partial charge in [0.05, 0.1) is 62.8 Å². The van der Waals surface area contributed by atoms with Crippen molar-refractivity contribution in [2.45, 2.75) is 0 Å². The van der Waals surface area contributed by atoms with Crippen LogP contribution in [0.15, 0.2) is 298 Å². The first kappa shape index (κ1) is 53.2. The van der Waals surface area contributed by atoms with E-state index in [0.717, 1.165) is 133 Å². The number of nitrogens with zero attached hydrogens (tertiary/aromatic N) is 7. The van der Waals surface area contributed by atoms with Crippen LogP contribution in [-0.4, -0.2) is 29.1 Å². The van der Waals surface area contributed by atoms with E-state index in [-0.39, 0.29) is 16.8 Å². The van der Waals surface area contributed by atoms with Gasteiger partial charge in [-0.05, 0) is 125 Å². The molecule has 422 valence electrons. The van der Waals surface area contributed by atoms with E-state index < -0.39 is 11.6 Å². The van der Waals surface area contributed by atoms with Crippen molar-refractivity contribution in [2.24, 2.45) is 0 Å². The monoisotopic (exact) mass is 1160 g/mol. The Kier molecular flexibility index (Phi) is 13.2. The van der Waals surface area contributed by atoms with Gasteiger partial charge in [-0.3, -0.25) is 19.9 Å². The molecule has 10 aromatic carbocycles. The number of aromatic nitrogens is 6. The molecule has 0 saturated heterocycles. The molecule has 6 aromatic heterocycles. The van der Waals surface area contributed by atoms with Gasteiger partial charge in [0, 0.05) is 96.4 Å². The summed E-state index contributed by atoms with van der Waals surface area (Å²) in [6.45, 7) is 8.79. The van der Waals surface area contributed by atoms with Gasteiger partial charge in [0.1, 0.15) is 11.6 Å². The third-order valence-electron chi connectivity index (χ3n) is 17.1. The van der Waals surface area contributed by atoms with E-state index in [0.29, 0.717) is 11.4 Å². The van der Waals surface area contributed by atoms with Crippen LogP contribution in [-0.2, 0) is 0 Å². The summed E-state index contributed by atoms with van der Waals surface area (Å²) < 4.78 is 37.3. The molecule has 0 N–H and O–H groups in total. The summed E-state index contributed by atoms with van der Waals surface area (Å²) in [6.07, 6.45) is 7.66. The summed E-state index contributed by atoms with van der Waals surface area (Å²) >= 11 is 0. The highest BCUT2D eigenvalue weighted by Crippen LogP contribution is 2.46. The van der Waals surface area contributed by atoms with Crippen LogP contribution in [0, 0.1) is 18.2 Å². The van der Waals surface area contributed by atoms with E-state index in [9.17, 15) is 0 Å². The lowest BCUT2D eigenvalue weighted by Crippen LogP contribution is -2.05. The molecule has 0 bridgehead atoms. The standard InChI is InChI=1S/C81H49F2N7/c1-84-74-46-80(90-77-39-31-57(61-27-35-72(87-49-61)53-19-10-4-11-20-53)43-65(77)66-44-58(32-40-78(66)90)62-28-36-73(88-50-62)54-21-12-5-13-22-54)79(45-67(74)81-68(82)23-14-24-69(81)83)89-75-37-29-55(59-25-33-70(85-47-59)51-15-6-2-7-16-51)41-63(75)64-42-56(30-38-76(64)89)60-26-34-71(86-48-60)52-17-8-3-9-18-52/h2-50H. The van der Waals surface area contributed by atoms with Crippen LogP contribution in [0.25, 0.3) is 160 Å². The fourth-order valence-electron chi connectivity index (χ4n) is 12.6. The second kappa shape index (κ2) is 22.2. The van der Waals surface area contributed by atoms with Crippen molar-refractivity contribution in [2.75, 3.05) is 0 Å². The Bertz CT molecular complexity index is 5150. The molecule has 16 rings (SSSR count). The molecular formula is C81H49F2N7. The number of fused-ring (bicyclic) bond motifs is 6. The second-order valence-corrected chi connectivity index (χ2v) is 22.4. The molecule has 0 atom stereocenters. The van der Waals surface area contributed by atoms with Crippen LogP contribution in [0.3, 0.4) is 0 Å². The van der Waals surface area contributed by atoms with Crippen molar-refractivity contribution in [3.8, 4) is 112 Å². The highest BCUT2D eigenvalue weighted by molar-refractivity contribution is 6.14. The van der Waals surface area contributed by atoms with Crippen LogP contribution >= 0.6 is 0 Å². The Labute approximate surface area is 517 Å². The van der Waals surface area contributed by atoms with Gasteiger partial charge in [-0.25, -0.2) is 13.6 Å². The minimum atomic E-state index is -0.775. The van der Waals surface area contributed by atoms with E-state index in [2.05, 4.69) is 172 Å². The molecule has 0 spiro atoms. The molecule has 0 fully saturated rings. The summed E-state index contributed by atoms with van der Waals surface area (Å²) in [7, 11) is 0. The van der Waals surface area contributed by atoms with Gasteiger partial charge in [-0.2, -0.15) is 0 Å². The van der Waals surface area contributed by atoms with Gasteiger partial charge in [0.25, 0.3) is 0 Å². The molecule has 9 heteroatoms.